The summed E-state index contributed by atoms with van der Waals surface area (Å²) >= 11 is 0. The number of ether oxygens (including phenoxy) is 1. The Labute approximate surface area is 109 Å². The molecule has 1 aromatic rings. The van der Waals surface area contributed by atoms with Gasteiger partial charge in [-0.3, -0.25) is 4.79 Å². The van der Waals surface area contributed by atoms with Crippen LogP contribution in [-0.4, -0.2) is 24.7 Å². The highest BCUT2D eigenvalue weighted by Crippen LogP contribution is 2.25. The normalized spacial score (nSPS) is 19.2. The lowest BCUT2D eigenvalue weighted by Gasteiger charge is -2.30. The molecule has 98 valence electrons. The number of carbonyl (C=O) groups is 1. The number of anilines is 1. The first-order valence-electron chi connectivity index (χ1n) is 6.61. The minimum Gasteiger partial charge on any atom is -0.368 e. The van der Waals surface area contributed by atoms with Crippen molar-refractivity contribution in [2.75, 3.05) is 11.5 Å². The minimum atomic E-state index is -0.257. The van der Waals surface area contributed by atoms with Crippen molar-refractivity contribution in [3.05, 3.63) is 29.8 Å². The van der Waals surface area contributed by atoms with E-state index in [9.17, 15) is 4.79 Å². The van der Waals surface area contributed by atoms with Crippen LogP contribution in [0.2, 0.25) is 0 Å². The van der Waals surface area contributed by atoms with Crippen LogP contribution in [0.4, 0.5) is 5.69 Å². The Morgan fingerprint density at radius 3 is 2.67 bits per heavy atom. The quantitative estimate of drug-likeness (QED) is 0.822. The summed E-state index contributed by atoms with van der Waals surface area (Å²) in [6.07, 6.45) is 1.57. The molecule has 2 rings (SSSR count). The number of rotatable bonds is 3. The molecule has 0 spiro atoms. The second kappa shape index (κ2) is 5.53. The predicted molar refractivity (Wildman–Crippen MR) is 72.8 cm³/mol. The fraction of sp³-hybridized carbons (Fsp3) is 0.533. The third-order valence-corrected chi connectivity index (χ3v) is 3.33. The minimum absolute atomic E-state index is 0.0943. The van der Waals surface area contributed by atoms with Gasteiger partial charge in [-0.25, -0.2) is 0 Å². The van der Waals surface area contributed by atoms with E-state index >= 15 is 0 Å². The topological polar surface area (TPSA) is 29.5 Å². The van der Waals surface area contributed by atoms with Crippen LogP contribution in [0.25, 0.3) is 0 Å². The van der Waals surface area contributed by atoms with Crippen LogP contribution in [0.1, 0.15) is 32.3 Å². The van der Waals surface area contributed by atoms with E-state index in [2.05, 4.69) is 0 Å². The maximum atomic E-state index is 12.5. The van der Waals surface area contributed by atoms with Crippen LogP contribution < -0.4 is 4.90 Å². The summed E-state index contributed by atoms with van der Waals surface area (Å²) in [4.78, 5) is 14.4. The zero-order valence-corrected chi connectivity index (χ0v) is 11.3. The first-order valence-corrected chi connectivity index (χ1v) is 6.61. The molecule has 1 aromatic carbocycles. The standard InChI is InChI=1S/C15H21NO2/c1-11(2)16(13-8-5-4-7-12(13)3)15(17)14-9-6-10-18-14/h4-5,7-8,11,14H,6,9-10H2,1-3H3/t14-/m0/s1. The molecule has 3 heteroatoms. The van der Waals surface area contributed by atoms with Crippen molar-refractivity contribution in [2.45, 2.75) is 45.8 Å². The van der Waals surface area contributed by atoms with Gasteiger partial charge in [-0.05, 0) is 45.2 Å². The summed E-state index contributed by atoms with van der Waals surface area (Å²) in [5.41, 5.74) is 2.12. The van der Waals surface area contributed by atoms with E-state index in [0.717, 1.165) is 24.1 Å². The monoisotopic (exact) mass is 247 g/mol. The summed E-state index contributed by atoms with van der Waals surface area (Å²) < 4.78 is 5.52. The second-order valence-electron chi connectivity index (χ2n) is 5.09. The summed E-state index contributed by atoms with van der Waals surface area (Å²) in [5.74, 6) is 0.0943. The molecule has 3 nitrogen and oxygen atoms in total. The first-order chi connectivity index (χ1) is 8.61. The van der Waals surface area contributed by atoms with Gasteiger partial charge in [0.15, 0.2) is 0 Å². The maximum Gasteiger partial charge on any atom is 0.256 e. The Hall–Kier alpha value is -1.35. The van der Waals surface area contributed by atoms with Gasteiger partial charge in [0, 0.05) is 18.3 Å². The number of aryl methyl sites for hydroxylation is 1. The molecule has 0 bridgehead atoms. The highest BCUT2D eigenvalue weighted by molar-refractivity contribution is 5.97. The van der Waals surface area contributed by atoms with E-state index in [0.29, 0.717) is 6.61 Å². The lowest BCUT2D eigenvalue weighted by molar-refractivity contribution is -0.127. The van der Waals surface area contributed by atoms with Crippen LogP contribution >= 0.6 is 0 Å². The van der Waals surface area contributed by atoms with E-state index < -0.39 is 0 Å². The fourth-order valence-corrected chi connectivity index (χ4v) is 2.41. The summed E-state index contributed by atoms with van der Waals surface area (Å²) in [5, 5.41) is 0. The molecule has 0 unspecified atom stereocenters. The number of hydrogen-bond acceptors (Lipinski definition) is 2. The van der Waals surface area contributed by atoms with Gasteiger partial charge in [-0.1, -0.05) is 18.2 Å². The van der Waals surface area contributed by atoms with Crippen LogP contribution in [-0.2, 0) is 9.53 Å². The van der Waals surface area contributed by atoms with Crippen LogP contribution in [0, 0.1) is 6.92 Å². The number of nitrogens with zero attached hydrogens (tertiary/aromatic N) is 1. The Kier molecular flexibility index (Phi) is 4.02. The van der Waals surface area contributed by atoms with E-state index in [1.165, 1.54) is 0 Å². The molecule has 18 heavy (non-hydrogen) atoms. The second-order valence-corrected chi connectivity index (χ2v) is 5.09. The van der Waals surface area contributed by atoms with E-state index in [1.54, 1.807) is 0 Å². The average Bonchev–Trinajstić information content (AvgIpc) is 2.85. The van der Waals surface area contributed by atoms with Gasteiger partial charge in [0.1, 0.15) is 6.10 Å². The van der Waals surface area contributed by atoms with Gasteiger partial charge in [-0.15, -0.1) is 0 Å². The zero-order chi connectivity index (χ0) is 13.1. The van der Waals surface area contributed by atoms with E-state index in [-0.39, 0.29) is 18.1 Å². The molecule has 1 heterocycles. The molecule has 1 aliphatic rings. The van der Waals surface area contributed by atoms with Gasteiger partial charge in [-0.2, -0.15) is 0 Å². The molecule has 1 fully saturated rings. The van der Waals surface area contributed by atoms with Crippen LogP contribution in [0.15, 0.2) is 24.3 Å². The predicted octanol–water partition coefficient (Wildman–Crippen LogP) is 2.92. The first kappa shape index (κ1) is 13.1. The summed E-state index contributed by atoms with van der Waals surface area (Å²) in [7, 11) is 0. The molecule has 1 atom stereocenters. The molecule has 0 aromatic heterocycles. The van der Waals surface area contributed by atoms with Crippen molar-refractivity contribution < 1.29 is 9.53 Å². The largest absolute Gasteiger partial charge is 0.368 e. The molecule has 0 aliphatic carbocycles. The molecule has 0 saturated carbocycles. The highest BCUT2D eigenvalue weighted by Gasteiger charge is 2.30. The Balaban J connectivity index is 2.28. The third kappa shape index (κ3) is 2.56. The zero-order valence-electron chi connectivity index (χ0n) is 11.3. The summed E-state index contributed by atoms with van der Waals surface area (Å²) in [6, 6.07) is 8.15. The van der Waals surface area contributed by atoms with Gasteiger partial charge in [0.25, 0.3) is 5.91 Å². The molecule has 1 aliphatic heterocycles. The number of hydrogen-bond donors (Lipinski definition) is 0. The molecule has 1 amide bonds. The smallest absolute Gasteiger partial charge is 0.256 e. The van der Waals surface area contributed by atoms with Crippen molar-refractivity contribution in [3.63, 3.8) is 0 Å². The lowest BCUT2D eigenvalue weighted by Crippen LogP contribution is -2.43. The summed E-state index contributed by atoms with van der Waals surface area (Å²) in [6.45, 7) is 6.82. The van der Waals surface area contributed by atoms with Crippen molar-refractivity contribution in [1.82, 2.24) is 0 Å². The van der Waals surface area contributed by atoms with Gasteiger partial charge < -0.3 is 9.64 Å². The average molecular weight is 247 g/mol. The molecular weight excluding hydrogens is 226 g/mol. The Morgan fingerprint density at radius 2 is 2.11 bits per heavy atom. The van der Waals surface area contributed by atoms with Crippen LogP contribution in [0.3, 0.4) is 0 Å². The van der Waals surface area contributed by atoms with Gasteiger partial charge in [0.05, 0.1) is 0 Å². The third-order valence-electron chi connectivity index (χ3n) is 3.33. The fourth-order valence-electron chi connectivity index (χ4n) is 2.41. The van der Waals surface area contributed by atoms with Crippen molar-refractivity contribution in [2.24, 2.45) is 0 Å². The number of benzene rings is 1. The number of carbonyl (C=O) groups excluding carboxylic acids is 1. The van der Waals surface area contributed by atoms with E-state index in [1.807, 2.05) is 49.9 Å². The number of para-hydroxylation sites is 1. The lowest BCUT2D eigenvalue weighted by atomic mass is 10.1. The Bertz CT molecular complexity index is 422. The molecule has 0 N–H and O–H groups in total. The van der Waals surface area contributed by atoms with Crippen molar-refractivity contribution in [1.29, 1.82) is 0 Å². The van der Waals surface area contributed by atoms with Crippen molar-refractivity contribution in [3.8, 4) is 0 Å². The molecule has 0 radical (unpaired) electrons. The van der Waals surface area contributed by atoms with Crippen molar-refractivity contribution >= 4 is 11.6 Å². The maximum absolute atomic E-state index is 12.5. The van der Waals surface area contributed by atoms with Crippen LogP contribution in [0.5, 0.6) is 0 Å². The van der Waals surface area contributed by atoms with E-state index in [4.69, 9.17) is 4.74 Å². The SMILES string of the molecule is Cc1ccccc1N(C(=O)[C@@H]1CCCO1)C(C)C. The molecule has 1 saturated heterocycles. The Morgan fingerprint density at radius 1 is 1.39 bits per heavy atom. The number of amides is 1. The molecular formula is C15H21NO2. The van der Waals surface area contributed by atoms with Gasteiger partial charge >= 0.3 is 0 Å². The highest BCUT2D eigenvalue weighted by atomic mass is 16.5. The van der Waals surface area contributed by atoms with Gasteiger partial charge in [0.2, 0.25) is 0 Å².